The summed E-state index contributed by atoms with van der Waals surface area (Å²) in [4.78, 5) is 0. The minimum atomic E-state index is -0.551. The Morgan fingerprint density at radius 1 is 1.11 bits per heavy atom. The van der Waals surface area contributed by atoms with Crippen molar-refractivity contribution in [3.63, 3.8) is 0 Å². The zero-order chi connectivity index (χ0) is 13.2. The largest absolute Gasteiger partial charge is 0.386 e. The molecule has 0 saturated carbocycles. The fraction of sp³-hybridized carbons (Fsp3) is 0.188. The van der Waals surface area contributed by atoms with E-state index in [1.807, 2.05) is 48.0 Å². The van der Waals surface area contributed by atoms with Gasteiger partial charge >= 0.3 is 0 Å². The molecule has 0 aliphatic heterocycles. The molecule has 96 valence electrons. The molecule has 0 fully saturated rings. The molecule has 1 aromatic heterocycles. The molecule has 19 heavy (non-hydrogen) atoms. The van der Waals surface area contributed by atoms with Crippen LogP contribution >= 0.6 is 0 Å². The fourth-order valence-electron chi connectivity index (χ4n) is 2.39. The minimum absolute atomic E-state index is 0.479. The lowest BCUT2D eigenvalue weighted by molar-refractivity contribution is 0.152. The molecule has 0 amide bonds. The summed E-state index contributed by atoms with van der Waals surface area (Å²) >= 11 is 0. The van der Waals surface area contributed by atoms with Crippen molar-refractivity contribution in [3.05, 3.63) is 66.0 Å². The lowest BCUT2D eigenvalue weighted by Crippen LogP contribution is -2.11. The van der Waals surface area contributed by atoms with Gasteiger partial charge in [-0.2, -0.15) is 5.10 Å². The number of benzene rings is 2. The monoisotopic (exact) mass is 252 g/mol. The number of fused-ring (bicyclic) bond motifs is 1. The Bertz CT molecular complexity index is 697. The maximum atomic E-state index is 10.5. The second-order valence-corrected chi connectivity index (χ2v) is 4.74. The minimum Gasteiger partial charge on any atom is -0.386 e. The summed E-state index contributed by atoms with van der Waals surface area (Å²) < 4.78 is 1.83. The van der Waals surface area contributed by atoms with Gasteiger partial charge < -0.3 is 5.11 Å². The first-order chi connectivity index (χ1) is 9.25. The van der Waals surface area contributed by atoms with E-state index in [2.05, 4.69) is 17.2 Å². The van der Waals surface area contributed by atoms with E-state index in [0.717, 1.165) is 22.0 Å². The summed E-state index contributed by atoms with van der Waals surface area (Å²) in [5.74, 6) is 0. The lowest BCUT2D eigenvalue weighted by atomic mass is 10.0. The molecule has 0 saturated heterocycles. The Morgan fingerprint density at radius 3 is 2.68 bits per heavy atom. The second-order valence-electron chi connectivity index (χ2n) is 4.74. The molecule has 0 aliphatic rings. The van der Waals surface area contributed by atoms with Crippen LogP contribution in [0.25, 0.3) is 10.8 Å². The average molecular weight is 252 g/mol. The smallest absolute Gasteiger partial charge is 0.0991 e. The first-order valence-corrected chi connectivity index (χ1v) is 6.40. The van der Waals surface area contributed by atoms with Gasteiger partial charge in [-0.05, 0) is 29.3 Å². The van der Waals surface area contributed by atoms with Gasteiger partial charge in [-0.3, -0.25) is 4.68 Å². The third-order valence-electron chi connectivity index (χ3n) is 3.46. The first kappa shape index (κ1) is 11.9. The third kappa shape index (κ3) is 2.25. The van der Waals surface area contributed by atoms with Gasteiger partial charge in [0.15, 0.2) is 0 Å². The van der Waals surface area contributed by atoms with E-state index in [-0.39, 0.29) is 0 Å². The van der Waals surface area contributed by atoms with E-state index in [9.17, 15) is 5.11 Å². The molecule has 0 radical (unpaired) electrons. The van der Waals surface area contributed by atoms with Crippen LogP contribution in [0.2, 0.25) is 0 Å². The average Bonchev–Trinajstić information content (AvgIpc) is 2.83. The molecular weight excluding hydrogens is 236 g/mol. The Hall–Kier alpha value is -2.13. The summed E-state index contributed by atoms with van der Waals surface area (Å²) in [7, 11) is 0. The van der Waals surface area contributed by atoms with Crippen LogP contribution in [0.1, 0.15) is 17.4 Å². The highest BCUT2D eigenvalue weighted by molar-refractivity contribution is 5.85. The van der Waals surface area contributed by atoms with Crippen LogP contribution in [-0.4, -0.2) is 14.9 Å². The quantitative estimate of drug-likeness (QED) is 0.778. The van der Waals surface area contributed by atoms with Gasteiger partial charge in [0.2, 0.25) is 0 Å². The predicted octanol–water partition coefficient (Wildman–Crippen LogP) is 3.08. The number of aromatic nitrogens is 2. The predicted molar refractivity (Wildman–Crippen MR) is 75.9 cm³/mol. The second kappa shape index (κ2) is 4.86. The molecule has 3 rings (SSSR count). The number of rotatable bonds is 3. The number of aryl methyl sites for hydroxylation is 1. The highest BCUT2D eigenvalue weighted by atomic mass is 16.3. The van der Waals surface area contributed by atoms with E-state index in [0.29, 0.717) is 6.54 Å². The van der Waals surface area contributed by atoms with Crippen molar-refractivity contribution in [1.82, 2.24) is 9.78 Å². The molecular formula is C16H16N2O. The molecule has 2 aromatic carbocycles. The van der Waals surface area contributed by atoms with E-state index in [1.54, 1.807) is 6.20 Å². The summed E-state index contributed by atoms with van der Waals surface area (Å²) in [6, 6.07) is 16.1. The first-order valence-electron chi connectivity index (χ1n) is 6.40. The number of aliphatic hydroxyl groups is 1. The van der Waals surface area contributed by atoms with Crippen LogP contribution in [0.4, 0.5) is 0 Å². The Balaban J connectivity index is 1.98. The Morgan fingerprint density at radius 2 is 1.89 bits per heavy atom. The molecule has 0 bridgehead atoms. The van der Waals surface area contributed by atoms with E-state index >= 15 is 0 Å². The molecule has 3 heteroatoms. The van der Waals surface area contributed by atoms with Crippen molar-refractivity contribution < 1.29 is 5.11 Å². The normalized spacial score (nSPS) is 12.7. The molecule has 1 heterocycles. The topological polar surface area (TPSA) is 38.0 Å². The van der Waals surface area contributed by atoms with Gasteiger partial charge in [0.25, 0.3) is 0 Å². The van der Waals surface area contributed by atoms with Gasteiger partial charge in [-0.25, -0.2) is 0 Å². The van der Waals surface area contributed by atoms with Crippen molar-refractivity contribution in [2.45, 2.75) is 19.6 Å². The fourth-order valence-corrected chi connectivity index (χ4v) is 2.39. The molecule has 3 nitrogen and oxygen atoms in total. The highest BCUT2D eigenvalue weighted by Gasteiger charge is 2.12. The van der Waals surface area contributed by atoms with Gasteiger partial charge in [-0.1, -0.05) is 42.5 Å². The highest BCUT2D eigenvalue weighted by Crippen LogP contribution is 2.25. The van der Waals surface area contributed by atoms with Gasteiger partial charge in [0, 0.05) is 11.9 Å². The molecule has 1 N–H and O–H groups in total. The van der Waals surface area contributed by atoms with Crippen molar-refractivity contribution in [2.75, 3.05) is 0 Å². The maximum absolute atomic E-state index is 10.5. The van der Waals surface area contributed by atoms with Crippen LogP contribution in [0.15, 0.2) is 54.7 Å². The number of nitrogens with zero attached hydrogens (tertiary/aromatic N) is 2. The molecule has 1 atom stereocenters. The zero-order valence-corrected chi connectivity index (χ0v) is 10.8. The standard InChI is InChI=1S/C16H16N2O/c1-12-9-10-17-18(12)11-16(19)15-8-4-6-13-5-2-3-7-14(13)15/h2-10,16,19H,11H2,1H3. The molecule has 0 spiro atoms. The van der Waals surface area contributed by atoms with Crippen LogP contribution in [0, 0.1) is 6.92 Å². The van der Waals surface area contributed by atoms with Crippen molar-refractivity contribution in [3.8, 4) is 0 Å². The Kier molecular flexibility index (Phi) is 3.05. The van der Waals surface area contributed by atoms with Crippen molar-refractivity contribution in [1.29, 1.82) is 0 Å². The zero-order valence-electron chi connectivity index (χ0n) is 10.8. The summed E-state index contributed by atoms with van der Waals surface area (Å²) in [5, 5.41) is 16.9. The third-order valence-corrected chi connectivity index (χ3v) is 3.46. The SMILES string of the molecule is Cc1ccnn1CC(O)c1cccc2ccccc12. The van der Waals surface area contributed by atoms with Crippen LogP contribution < -0.4 is 0 Å². The van der Waals surface area contributed by atoms with Crippen molar-refractivity contribution >= 4 is 10.8 Å². The molecule has 3 aromatic rings. The maximum Gasteiger partial charge on any atom is 0.0991 e. The summed E-state index contributed by atoms with van der Waals surface area (Å²) in [6.45, 7) is 2.47. The number of hydrogen-bond donors (Lipinski definition) is 1. The van der Waals surface area contributed by atoms with Crippen LogP contribution in [0.5, 0.6) is 0 Å². The molecule has 1 unspecified atom stereocenters. The van der Waals surface area contributed by atoms with Crippen molar-refractivity contribution in [2.24, 2.45) is 0 Å². The Labute approximate surface area is 112 Å². The van der Waals surface area contributed by atoms with E-state index in [1.165, 1.54) is 0 Å². The van der Waals surface area contributed by atoms with Crippen LogP contribution in [-0.2, 0) is 6.54 Å². The van der Waals surface area contributed by atoms with Gasteiger partial charge in [0.1, 0.15) is 0 Å². The van der Waals surface area contributed by atoms with Gasteiger partial charge in [-0.15, -0.1) is 0 Å². The summed E-state index contributed by atoms with van der Waals surface area (Å²) in [5.41, 5.74) is 2.01. The summed E-state index contributed by atoms with van der Waals surface area (Å²) in [6.07, 6.45) is 1.20. The lowest BCUT2D eigenvalue weighted by Gasteiger charge is -2.15. The van der Waals surface area contributed by atoms with E-state index in [4.69, 9.17) is 0 Å². The van der Waals surface area contributed by atoms with Gasteiger partial charge in [0.05, 0.1) is 12.6 Å². The molecule has 0 aliphatic carbocycles. The van der Waals surface area contributed by atoms with E-state index < -0.39 is 6.10 Å². The number of hydrogen-bond acceptors (Lipinski definition) is 2. The number of aliphatic hydroxyl groups excluding tert-OH is 1. The van der Waals surface area contributed by atoms with Crippen LogP contribution in [0.3, 0.4) is 0 Å².